The lowest BCUT2D eigenvalue weighted by Crippen LogP contribution is -2.32. The van der Waals surface area contributed by atoms with Gasteiger partial charge in [-0.15, -0.1) is 0 Å². The fourth-order valence-corrected chi connectivity index (χ4v) is 1.63. The van der Waals surface area contributed by atoms with Crippen LogP contribution in [0.4, 0.5) is 0 Å². The maximum atomic E-state index is 11.7. The number of hydrogen-bond donors (Lipinski definition) is 1. The van der Waals surface area contributed by atoms with Crippen molar-refractivity contribution in [1.82, 2.24) is 10.3 Å². The fourth-order valence-electron chi connectivity index (χ4n) is 1.63. The highest BCUT2D eigenvalue weighted by Crippen LogP contribution is 2.25. The number of rotatable bonds is 3. The zero-order chi connectivity index (χ0) is 11.4. The van der Waals surface area contributed by atoms with Crippen molar-refractivity contribution in [3.63, 3.8) is 0 Å². The van der Waals surface area contributed by atoms with E-state index in [0.29, 0.717) is 17.2 Å². The molecule has 0 aromatic carbocycles. The first-order valence-electron chi connectivity index (χ1n) is 5.44. The van der Waals surface area contributed by atoms with Gasteiger partial charge in [-0.1, -0.05) is 6.42 Å². The molecule has 1 aliphatic carbocycles. The Labute approximate surface area is 94.3 Å². The van der Waals surface area contributed by atoms with E-state index >= 15 is 0 Å². The molecule has 82 valence electrons. The molecule has 1 aromatic heterocycles. The van der Waals surface area contributed by atoms with Crippen molar-refractivity contribution in [3.8, 4) is 6.07 Å². The molecule has 1 N–H and O–H groups in total. The average molecular weight is 215 g/mol. The Morgan fingerprint density at radius 2 is 2.38 bits per heavy atom. The second kappa shape index (κ2) is 4.75. The maximum absolute atomic E-state index is 11.7. The van der Waals surface area contributed by atoms with Crippen LogP contribution in [0.25, 0.3) is 0 Å². The van der Waals surface area contributed by atoms with Gasteiger partial charge in [0, 0.05) is 12.7 Å². The zero-order valence-corrected chi connectivity index (χ0v) is 8.94. The molecule has 0 saturated heterocycles. The molecule has 1 heterocycles. The van der Waals surface area contributed by atoms with Crippen LogP contribution in [-0.4, -0.2) is 17.4 Å². The smallest absolute Gasteiger partial charge is 0.252 e. The predicted molar refractivity (Wildman–Crippen MR) is 58.6 cm³/mol. The standard InChI is InChI=1S/C12H13N3O/c13-6-11-5-4-10(8-14-11)12(16)15-7-9-2-1-3-9/h4-5,8-9H,1-3,7H2,(H,15,16). The minimum Gasteiger partial charge on any atom is -0.352 e. The number of aromatic nitrogens is 1. The van der Waals surface area contributed by atoms with Gasteiger partial charge >= 0.3 is 0 Å². The number of nitriles is 1. The predicted octanol–water partition coefficient (Wildman–Crippen LogP) is 1.48. The third-order valence-corrected chi connectivity index (χ3v) is 2.92. The summed E-state index contributed by atoms with van der Waals surface area (Å²) in [6, 6.07) is 5.10. The van der Waals surface area contributed by atoms with Gasteiger partial charge in [-0.3, -0.25) is 4.79 Å². The Hall–Kier alpha value is -1.89. The third-order valence-electron chi connectivity index (χ3n) is 2.92. The molecule has 0 radical (unpaired) electrons. The first-order chi connectivity index (χ1) is 7.79. The van der Waals surface area contributed by atoms with Crippen LogP contribution in [0.2, 0.25) is 0 Å². The molecule has 0 bridgehead atoms. The summed E-state index contributed by atoms with van der Waals surface area (Å²) in [5, 5.41) is 11.4. The van der Waals surface area contributed by atoms with Crippen LogP contribution in [0.3, 0.4) is 0 Å². The number of nitrogens with zero attached hydrogens (tertiary/aromatic N) is 2. The molecule has 16 heavy (non-hydrogen) atoms. The first kappa shape index (κ1) is 10.6. The molecule has 4 heteroatoms. The summed E-state index contributed by atoms with van der Waals surface area (Å²) in [5.74, 6) is 0.541. The summed E-state index contributed by atoms with van der Waals surface area (Å²) in [4.78, 5) is 15.5. The largest absolute Gasteiger partial charge is 0.352 e. The van der Waals surface area contributed by atoms with Gasteiger partial charge in [0.05, 0.1) is 5.56 Å². The van der Waals surface area contributed by atoms with E-state index in [2.05, 4.69) is 10.3 Å². The van der Waals surface area contributed by atoms with Crippen molar-refractivity contribution < 1.29 is 4.79 Å². The van der Waals surface area contributed by atoms with Gasteiger partial charge in [-0.2, -0.15) is 5.26 Å². The highest BCUT2D eigenvalue weighted by atomic mass is 16.1. The topological polar surface area (TPSA) is 65.8 Å². The van der Waals surface area contributed by atoms with Crippen molar-refractivity contribution in [2.75, 3.05) is 6.54 Å². The van der Waals surface area contributed by atoms with Crippen molar-refractivity contribution >= 4 is 5.91 Å². The molecule has 0 unspecified atom stereocenters. The second-order valence-corrected chi connectivity index (χ2v) is 4.05. The number of amides is 1. The zero-order valence-electron chi connectivity index (χ0n) is 8.94. The number of carbonyl (C=O) groups excluding carboxylic acids is 1. The van der Waals surface area contributed by atoms with Gasteiger partial charge < -0.3 is 5.32 Å². The minimum absolute atomic E-state index is 0.108. The second-order valence-electron chi connectivity index (χ2n) is 4.05. The Kier molecular flexibility index (Phi) is 3.16. The molecule has 1 fully saturated rings. The fraction of sp³-hybridized carbons (Fsp3) is 0.417. The molecule has 2 rings (SSSR count). The van der Waals surface area contributed by atoms with E-state index in [9.17, 15) is 4.79 Å². The molecule has 1 aromatic rings. The SMILES string of the molecule is N#Cc1ccc(C(=O)NCC2CCC2)cn1. The lowest BCUT2D eigenvalue weighted by molar-refractivity contribution is 0.0938. The highest BCUT2D eigenvalue weighted by Gasteiger charge is 2.18. The van der Waals surface area contributed by atoms with Crippen LogP contribution >= 0.6 is 0 Å². The first-order valence-corrected chi connectivity index (χ1v) is 5.44. The van der Waals surface area contributed by atoms with Crippen molar-refractivity contribution in [2.45, 2.75) is 19.3 Å². The summed E-state index contributed by atoms with van der Waals surface area (Å²) in [5.41, 5.74) is 0.842. The Balaban J connectivity index is 1.89. The van der Waals surface area contributed by atoms with Gasteiger partial charge in [0.2, 0.25) is 0 Å². The lowest BCUT2D eigenvalue weighted by atomic mass is 9.85. The molecule has 4 nitrogen and oxygen atoms in total. The number of pyridine rings is 1. The van der Waals surface area contributed by atoms with Crippen molar-refractivity contribution in [1.29, 1.82) is 5.26 Å². The Bertz CT molecular complexity index is 415. The molecule has 0 atom stereocenters. The maximum Gasteiger partial charge on any atom is 0.252 e. The van der Waals surface area contributed by atoms with E-state index in [1.165, 1.54) is 25.5 Å². The van der Waals surface area contributed by atoms with Crippen molar-refractivity contribution in [3.05, 3.63) is 29.6 Å². The monoisotopic (exact) mass is 215 g/mol. The summed E-state index contributed by atoms with van der Waals surface area (Å²) in [6.45, 7) is 0.749. The van der Waals surface area contributed by atoms with Crippen LogP contribution in [-0.2, 0) is 0 Å². The normalized spacial score (nSPS) is 14.9. The Morgan fingerprint density at radius 1 is 1.56 bits per heavy atom. The van der Waals surface area contributed by atoms with E-state index in [1.807, 2.05) is 6.07 Å². The number of carbonyl (C=O) groups is 1. The molecule has 1 saturated carbocycles. The summed E-state index contributed by atoms with van der Waals surface area (Å²) in [6.07, 6.45) is 5.14. The molecule has 0 spiro atoms. The molecule has 1 amide bonds. The number of nitrogens with one attached hydrogen (secondary N) is 1. The van der Waals surface area contributed by atoms with Gasteiger partial charge in [0.25, 0.3) is 5.91 Å². The van der Waals surface area contributed by atoms with Crippen LogP contribution < -0.4 is 5.32 Å². The highest BCUT2D eigenvalue weighted by molar-refractivity contribution is 5.93. The van der Waals surface area contributed by atoms with Crippen LogP contribution in [0.5, 0.6) is 0 Å². The lowest BCUT2D eigenvalue weighted by Gasteiger charge is -2.25. The van der Waals surface area contributed by atoms with Crippen LogP contribution in [0.15, 0.2) is 18.3 Å². The average Bonchev–Trinajstić information content (AvgIpc) is 2.27. The van der Waals surface area contributed by atoms with Gasteiger partial charge in [-0.25, -0.2) is 4.98 Å². The third kappa shape index (κ3) is 2.37. The Morgan fingerprint density at radius 3 is 2.88 bits per heavy atom. The van der Waals surface area contributed by atoms with E-state index in [0.717, 1.165) is 6.54 Å². The van der Waals surface area contributed by atoms with Crippen LogP contribution in [0.1, 0.15) is 35.3 Å². The molecular formula is C12H13N3O. The van der Waals surface area contributed by atoms with Gasteiger partial charge in [0.1, 0.15) is 11.8 Å². The molecule has 0 aliphatic heterocycles. The van der Waals surface area contributed by atoms with E-state index in [-0.39, 0.29) is 5.91 Å². The summed E-state index contributed by atoms with van der Waals surface area (Å²) < 4.78 is 0. The summed E-state index contributed by atoms with van der Waals surface area (Å²) >= 11 is 0. The molecular weight excluding hydrogens is 202 g/mol. The van der Waals surface area contributed by atoms with Gasteiger partial charge in [0.15, 0.2) is 0 Å². The minimum atomic E-state index is -0.108. The number of hydrogen-bond acceptors (Lipinski definition) is 3. The van der Waals surface area contributed by atoms with E-state index in [1.54, 1.807) is 12.1 Å². The van der Waals surface area contributed by atoms with Crippen molar-refractivity contribution in [2.24, 2.45) is 5.92 Å². The van der Waals surface area contributed by atoms with Crippen LogP contribution in [0, 0.1) is 17.2 Å². The van der Waals surface area contributed by atoms with E-state index < -0.39 is 0 Å². The molecule has 1 aliphatic rings. The quantitative estimate of drug-likeness (QED) is 0.830. The van der Waals surface area contributed by atoms with E-state index in [4.69, 9.17) is 5.26 Å². The van der Waals surface area contributed by atoms with Gasteiger partial charge in [-0.05, 0) is 30.9 Å². The summed E-state index contributed by atoms with van der Waals surface area (Å²) in [7, 11) is 0.